The van der Waals surface area contributed by atoms with Crippen molar-refractivity contribution in [2.24, 2.45) is 40.4 Å². The summed E-state index contributed by atoms with van der Waals surface area (Å²) in [5.41, 5.74) is 3.55. The summed E-state index contributed by atoms with van der Waals surface area (Å²) < 4.78 is 0. The first kappa shape index (κ1) is 25.0. The van der Waals surface area contributed by atoms with E-state index < -0.39 is 0 Å². The lowest BCUT2D eigenvalue weighted by Crippen LogP contribution is -2.51. The third-order valence-corrected chi connectivity index (χ3v) is 12.0. The van der Waals surface area contributed by atoms with Gasteiger partial charge in [-0.3, -0.25) is 4.79 Å². The lowest BCUT2D eigenvalue weighted by Gasteiger charge is -2.57. The SMILES string of the molecule is CC(=O)[C@H]1[C@@H]([C@@H](C#N)c2nc(-c3ccccc3)cs2)C[C@H]2[C@@H]3CC=C4C[C@@H](O)CC[C@]4(C)[C@H]3CC[C@@]21C. The third-order valence-electron chi connectivity index (χ3n) is 11.0. The Labute approximate surface area is 224 Å². The maximum atomic E-state index is 13.3. The zero-order chi connectivity index (χ0) is 25.9. The molecule has 1 N–H and O–H groups in total. The number of hydrogen-bond acceptors (Lipinski definition) is 5. The van der Waals surface area contributed by atoms with Crippen molar-refractivity contribution in [2.75, 3.05) is 0 Å². The second-order valence-corrected chi connectivity index (χ2v) is 13.6. The molecule has 3 saturated carbocycles. The summed E-state index contributed by atoms with van der Waals surface area (Å²) in [5.74, 6) is 1.39. The number of aromatic nitrogens is 1. The Balaban J connectivity index is 1.34. The van der Waals surface area contributed by atoms with Crippen molar-refractivity contribution in [1.29, 1.82) is 5.26 Å². The van der Waals surface area contributed by atoms with Crippen molar-refractivity contribution in [3.8, 4) is 17.3 Å². The van der Waals surface area contributed by atoms with Gasteiger partial charge in [-0.2, -0.15) is 5.26 Å². The number of allylic oxidation sites excluding steroid dienone is 1. The molecule has 9 atom stereocenters. The Kier molecular flexibility index (Phi) is 6.20. The number of rotatable bonds is 4. The molecule has 0 bridgehead atoms. The van der Waals surface area contributed by atoms with Gasteiger partial charge in [-0.05, 0) is 86.4 Å². The van der Waals surface area contributed by atoms with Gasteiger partial charge in [-0.15, -0.1) is 11.3 Å². The van der Waals surface area contributed by atoms with Crippen LogP contribution in [0.4, 0.5) is 0 Å². The number of Topliss-reactive ketones (excluding diaryl/α,β-unsaturated/α-hetero) is 1. The number of hydrogen-bond donors (Lipinski definition) is 1. The van der Waals surface area contributed by atoms with E-state index in [1.807, 2.05) is 18.2 Å². The minimum atomic E-state index is -0.354. The van der Waals surface area contributed by atoms with Crippen LogP contribution >= 0.6 is 11.3 Å². The van der Waals surface area contributed by atoms with E-state index in [-0.39, 0.29) is 40.5 Å². The molecule has 0 saturated heterocycles. The van der Waals surface area contributed by atoms with Crippen LogP contribution in [0.25, 0.3) is 11.3 Å². The second kappa shape index (κ2) is 9.17. The molecule has 4 nitrogen and oxygen atoms in total. The van der Waals surface area contributed by atoms with Crippen molar-refractivity contribution < 1.29 is 9.90 Å². The van der Waals surface area contributed by atoms with Crippen LogP contribution in [0.3, 0.4) is 0 Å². The summed E-state index contributed by atoms with van der Waals surface area (Å²) in [4.78, 5) is 18.3. The minimum Gasteiger partial charge on any atom is -0.393 e. The van der Waals surface area contributed by atoms with E-state index in [2.05, 4.69) is 43.5 Å². The number of thiazole rings is 1. The molecule has 4 aliphatic rings. The van der Waals surface area contributed by atoms with E-state index in [0.29, 0.717) is 17.8 Å². The van der Waals surface area contributed by atoms with Crippen LogP contribution in [0.5, 0.6) is 0 Å². The Morgan fingerprint density at radius 1 is 1.19 bits per heavy atom. The van der Waals surface area contributed by atoms with E-state index in [1.165, 1.54) is 5.57 Å². The normalized spacial score (nSPS) is 39.5. The van der Waals surface area contributed by atoms with Crippen molar-refractivity contribution in [1.82, 2.24) is 4.98 Å². The lowest BCUT2D eigenvalue weighted by molar-refractivity contribution is -0.129. The minimum absolute atomic E-state index is 0.0115. The van der Waals surface area contributed by atoms with E-state index in [1.54, 1.807) is 18.3 Å². The van der Waals surface area contributed by atoms with Crippen molar-refractivity contribution >= 4 is 17.1 Å². The highest BCUT2D eigenvalue weighted by Crippen LogP contribution is 2.68. The topological polar surface area (TPSA) is 74.0 Å². The molecular formula is C32H38N2O2S. The number of nitriles is 1. The highest BCUT2D eigenvalue weighted by molar-refractivity contribution is 7.10. The quantitative estimate of drug-likeness (QED) is 0.439. The van der Waals surface area contributed by atoms with Gasteiger partial charge in [0.2, 0.25) is 0 Å². The molecule has 0 amide bonds. The lowest BCUT2D eigenvalue weighted by atomic mass is 9.47. The number of ketones is 1. The molecule has 0 radical (unpaired) electrons. The van der Waals surface area contributed by atoms with Gasteiger partial charge in [0.05, 0.1) is 17.9 Å². The van der Waals surface area contributed by atoms with Crippen LogP contribution in [0.1, 0.15) is 76.6 Å². The maximum absolute atomic E-state index is 13.3. The van der Waals surface area contributed by atoms with Crippen LogP contribution in [0.2, 0.25) is 0 Å². The van der Waals surface area contributed by atoms with Gasteiger partial charge in [-0.1, -0.05) is 55.8 Å². The summed E-state index contributed by atoms with van der Waals surface area (Å²) in [6.45, 7) is 6.56. The molecule has 0 unspecified atom stereocenters. The van der Waals surface area contributed by atoms with Crippen LogP contribution in [0.15, 0.2) is 47.4 Å². The van der Waals surface area contributed by atoms with Crippen molar-refractivity contribution in [2.45, 2.75) is 77.7 Å². The zero-order valence-corrected chi connectivity index (χ0v) is 23.0. The number of aliphatic hydroxyl groups is 1. The molecular weight excluding hydrogens is 476 g/mol. The van der Waals surface area contributed by atoms with Crippen molar-refractivity contribution in [3.63, 3.8) is 0 Å². The van der Waals surface area contributed by atoms with E-state index in [9.17, 15) is 15.2 Å². The molecule has 4 aliphatic carbocycles. The third kappa shape index (κ3) is 3.86. The number of benzene rings is 1. The van der Waals surface area contributed by atoms with Crippen molar-refractivity contribution in [3.05, 3.63) is 52.4 Å². The van der Waals surface area contributed by atoms with Gasteiger partial charge in [0.1, 0.15) is 16.7 Å². The number of carbonyl (C=O) groups excluding carboxylic acids is 1. The first-order valence-corrected chi connectivity index (χ1v) is 14.9. The number of aliphatic hydroxyl groups excluding tert-OH is 1. The van der Waals surface area contributed by atoms with Crippen LogP contribution in [0, 0.1) is 51.8 Å². The maximum Gasteiger partial charge on any atom is 0.133 e. The summed E-state index contributed by atoms with van der Waals surface area (Å²) in [7, 11) is 0. The zero-order valence-electron chi connectivity index (χ0n) is 22.2. The van der Waals surface area contributed by atoms with Gasteiger partial charge in [-0.25, -0.2) is 4.98 Å². The predicted molar refractivity (Wildman–Crippen MR) is 147 cm³/mol. The molecule has 0 spiro atoms. The predicted octanol–water partition coefficient (Wildman–Crippen LogP) is 7.17. The fourth-order valence-corrected chi connectivity index (χ4v) is 10.3. The fourth-order valence-electron chi connectivity index (χ4n) is 9.34. The summed E-state index contributed by atoms with van der Waals surface area (Å²) >= 11 is 1.57. The van der Waals surface area contributed by atoms with E-state index >= 15 is 0 Å². The van der Waals surface area contributed by atoms with Crippen LogP contribution in [-0.2, 0) is 4.79 Å². The number of nitrogens with zero attached hydrogens (tertiary/aromatic N) is 2. The molecule has 1 aromatic carbocycles. The molecule has 0 aliphatic heterocycles. The Bertz CT molecular complexity index is 1260. The summed E-state index contributed by atoms with van der Waals surface area (Å²) in [5, 5.41) is 23.7. The summed E-state index contributed by atoms with van der Waals surface area (Å²) in [6.07, 6.45) is 9.20. The number of carbonyl (C=O) groups is 1. The van der Waals surface area contributed by atoms with E-state index in [0.717, 1.165) is 61.2 Å². The Hall–Kier alpha value is -2.29. The molecule has 1 aromatic heterocycles. The average molecular weight is 515 g/mol. The van der Waals surface area contributed by atoms with Gasteiger partial charge < -0.3 is 5.11 Å². The fraction of sp³-hybridized carbons (Fsp3) is 0.594. The Morgan fingerprint density at radius 3 is 2.70 bits per heavy atom. The smallest absolute Gasteiger partial charge is 0.133 e. The first-order valence-electron chi connectivity index (χ1n) is 14.0. The highest BCUT2D eigenvalue weighted by Gasteiger charge is 2.63. The second-order valence-electron chi connectivity index (χ2n) is 12.7. The van der Waals surface area contributed by atoms with Gasteiger partial charge >= 0.3 is 0 Å². The molecule has 5 heteroatoms. The van der Waals surface area contributed by atoms with Gasteiger partial charge in [0.25, 0.3) is 0 Å². The largest absolute Gasteiger partial charge is 0.393 e. The monoisotopic (exact) mass is 514 g/mol. The van der Waals surface area contributed by atoms with Gasteiger partial charge in [0.15, 0.2) is 0 Å². The molecule has 1 heterocycles. The molecule has 6 rings (SSSR count). The van der Waals surface area contributed by atoms with Crippen LogP contribution in [-0.4, -0.2) is 22.0 Å². The standard InChI is InChI=1S/C32H38N2O2S/c1-19(35)29-24(25(17-33)30-34-28(18-37-30)20-7-5-4-6-8-20)16-27-23-10-9-21-15-22(36)11-13-31(21,2)26(23)12-14-32(27,29)3/h4-9,18,22-27,29,36H,10-16H2,1-3H3/t22-,23+,24+,25+,26-,27-,29-,31-,32-/m0/s1. The van der Waals surface area contributed by atoms with Crippen LogP contribution < -0.4 is 0 Å². The molecule has 2 aromatic rings. The molecule has 37 heavy (non-hydrogen) atoms. The molecule has 3 fully saturated rings. The Morgan fingerprint density at radius 2 is 1.97 bits per heavy atom. The molecule has 194 valence electrons. The first-order chi connectivity index (χ1) is 17.8. The number of fused-ring (bicyclic) bond motifs is 5. The average Bonchev–Trinajstić information content (AvgIpc) is 3.48. The van der Waals surface area contributed by atoms with Gasteiger partial charge in [0, 0.05) is 16.9 Å². The highest BCUT2D eigenvalue weighted by atomic mass is 32.1. The van der Waals surface area contributed by atoms with E-state index in [4.69, 9.17) is 4.98 Å². The summed E-state index contributed by atoms with van der Waals surface area (Å²) in [6, 6.07) is 12.8.